The number of nitrogens with one attached hydrogen (secondary N) is 2. The van der Waals surface area contributed by atoms with Crippen LogP contribution in [0.3, 0.4) is 0 Å². The fraction of sp³-hybridized carbons (Fsp3) is 0.500. The Labute approximate surface area is 191 Å². The Bertz CT molecular complexity index is 879. The van der Waals surface area contributed by atoms with Crippen molar-refractivity contribution in [2.45, 2.75) is 19.0 Å². The minimum atomic E-state index is -5.11. The Balaban J connectivity index is 0.00000392. The van der Waals surface area contributed by atoms with Crippen molar-refractivity contribution in [2.75, 3.05) is 24.9 Å². The molecule has 2 amide bonds. The second-order valence-corrected chi connectivity index (χ2v) is 8.10. The van der Waals surface area contributed by atoms with Gasteiger partial charge in [-0.1, -0.05) is 5.16 Å². The van der Waals surface area contributed by atoms with Crippen LogP contribution in [0.15, 0.2) is 10.5 Å². The molecule has 0 radical (unpaired) electrons. The Kier molecular flexibility index (Phi) is 8.80. The number of carbonyl (C=O) groups excluding carboxylic acids is 2. The first-order valence-corrected chi connectivity index (χ1v) is 10.1. The van der Waals surface area contributed by atoms with Crippen molar-refractivity contribution in [1.29, 1.82) is 0 Å². The second-order valence-electron chi connectivity index (χ2n) is 5.50. The molecule has 0 aliphatic carbocycles. The summed E-state index contributed by atoms with van der Waals surface area (Å²) in [5.74, 6) is -1.55. The standard InChI is InChI=1S/C12H16ClN5O7S2.Na/c1-6-7(4-18(6,21)27(22,23)24)14-11(20)10(17-25-2)8-5-26-12(15-8)16-9(19)3-13;/h5-7H,3-4H2,1-2H3,(H,14,20)(H,15,16,19)(H,22,23,24);/q;+1/p-1/b17-10-;/t6-,7-,18?;/m0./s1. The molecule has 3 atom stereocenters. The van der Waals surface area contributed by atoms with Gasteiger partial charge in [0, 0.05) is 5.38 Å². The zero-order chi connectivity index (χ0) is 20.4. The summed E-state index contributed by atoms with van der Waals surface area (Å²) < 4.78 is 31.2. The van der Waals surface area contributed by atoms with E-state index in [1.54, 1.807) is 0 Å². The van der Waals surface area contributed by atoms with Crippen LogP contribution in [-0.2, 0) is 24.7 Å². The molecule has 12 nitrogen and oxygen atoms in total. The third-order valence-corrected chi connectivity index (χ3v) is 6.10. The van der Waals surface area contributed by atoms with Crippen LogP contribution >= 0.6 is 22.9 Å². The van der Waals surface area contributed by atoms with Crippen molar-refractivity contribution < 1.29 is 61.0 Å². The predicted octanol–water partition coefficient (Wildman–Crippen LogP) is -3.66. The molecule has 1 saturated heterocycles. The molecule has 1 fully saturated rings. The number of aromatic nitrogens is 1. The summed E-state index contributed by atoms with van der Waals surface area (Å²) in [6.07, 6.45) is 0. The van der Waals surface area contributed by atoms with Gasteiger partial charge in [0.05, 0.1) is 0 Å². The minimum absolute atomic E-state index is 0. The van der Waals surface area contributed by atoms with E-state index in [0.717, 1.165) is 11.3 Å². The summed E-state index contributed by atoms with van der Waals surface area (Å²) in [7, 11) is -3.91. The Hall–Kier alpha value is -0.840. The van der Waals surface area contributed by atoms with Gasteiger partial charge >= 0.3 is 29.6 Å². The maximum absolute atomic E-state index is 12.4. The van der Waals surface area contributed by atoms with E-state index in [2.05, 4.69) is 25.6 Å². The van der Waals surface area contributed by atoms with Gasteiger partial charge in [0.15, 0.2) is 10.8 Å². The molecule has 1 aliphatic heterocycles. The number of amides is 2. The number of anilines is 1. The first-order chi connectivity index (χ1) is 12.5. The Morgan fingerprint density at radius 2 is 2.18 bits per heavy atom. The summed E-state index contributed by atoms with van der Waals surface area (Å²) >= 11 is 6.40. The van der Waals surface area contributed by atoms with Crippen LogP contribution in [0, 0.1) is 5.21 Å². The number of oxime groups is 1. The largest absolute Gasteiger partial charge is 1.00 e. The van der Waals surface area contributed by atoms with Gasteiger partial charge in [0.2, 0.25) is 5.91 Å². The molecule has 0 bridgehead atoms. The summed E-state index contributed by atoms with van der Waals surface area (Å²) in [4.78, 5) is 32.3. The number of alkyl halides is 1. The number of rotatable bonds is 7. The number of carbonyl (C=O) groups is 2. The van der Waals surface area contributed by atoms with Gasteiger partial charge in [0.1, 0.15) is 37.3 Å². The first-order valence-electron chi connectivity index (χ1n) is 7.32. The van der Waals surface area contributed by atoms with Crippen LogP contribution < -0.4 is 40.2 Å². The zero-order valence-corrected chi connectivity index (χ0v) is 19.4. The fourth-order valence-corrected chi connectivity index (χ4v) is 3.99. The van der Waals surface area contributed by atoms with E-state index in [9.17, 15) is 27.8 Å². The van der Waals surface area contributed by atoms with Crippen LogP contribution in [0.5, 0.6) is 0 Å². The van der Waals surface area contributed by atoms with Crippen LogP contribution in [0.4, 0.5) is 5.13 Å². The number of hydrogen-bond acceptors (Lipinski definition) is 10. The van der Waals surface area contributed by atoms with Crippen LogP contribution in [0.2, 0.25) is 0 Å². The van der Waals surface area contributed by atoms with E-state index in [4.69, 9.17) is 11.6 Å². The quantitative estimate of drug-likeness (QED) is 0.0791. The van der Waals surface area contributed by atoms with E-state index < -0.39 is 44.8 Å². The predicted molar refractivity (Wildman–Crippen MR) is 94.6 cm³/mol. The maximum Gasteiger partial charge on any atom is 1.00 e. The van der Waals surface area contributed by atoms with Crippen molar-refractivity contribution >= 4 is 55.9 Å². The fourth-order valence-electron chi connectivity index (χ4n) is 2.32. The van der Waals surface area contributed by atoms with Gasteiger partial charge in [-0.15, -0.1) is 22.9 Å². The number of halogens is 1. The van der Waals surface area contributed by atoms with Crippen LogP contribution in [0.1, 0.15) is 12.6 Å². The van der Waals surface area contributed by atoms with E-state index in [1.807, 2.05) is 0 Å². The number of thiazole rings is 1. The van der Waals surface area contributed by atoms with Gasteiger partial charge in [-0.2, -0.15) is 8.42 Å². The van der Waals surface area contributed by atoms with Gasteiger partial charge in [0.25, 0.3) is 16.2 Å². The molecule has 1 aliphatic rings. The van der Waals surface area contributed by atoms with E-state index in [1.165, 1.54) is 19.4 Å². The molecule has 0 spiro atoms. The summed E-state index contributed by atoms with van der Waals surface area (Å²) in [5.41, 5.74) is -0.177. The molecule has 1 unspecified atom stereocenters. The average Bonchev–Trinajstić information content (AvgIpc) is 3.05. The molecule has 1 aromatic rings. The molecule has 2 rings (SSSR count). The van der Waals surface area contributed by atoms with Crippen molar-refractivity contribution in [3.63, 3.8) is 0 Å². The van der Waals surface area contributed by atoms with Crippen LogP contribution in [-0.4, -0.2) is 71.2 Å². The molecular formula is C12H15ClN5NaO7S2. The normalized spacial score (nSPS) is 24.5. The van der Waals surface area contributed by atoms with Gasteiger partial charge in [-0.25, -0.2) is 4.98 Å². The number of hydroxylamine groups is 2. The summed E-state index contributed by atoms with van der Waals surface area (Å²) in [5, 5.41) is 22.0. The molecule has 16 heteroatoms. The van der Waals surface area contributed by atoms with Crippen molar-refractivity contribution in [3.05, 3.63) is 16.3 Å². The van der Waals surface area contributed by atoms with Crippen LogP contribution in [0.25, 0.3) is 0 Å². The van der Waals surface area contributed by atoms with Crippen molar-refractivity contribution in [2.24, 2.45) is 5.16 Å². The second kappa shape index (κ2) is 9.77. The van der Waals surface area contributed by atoms with E-state index in [0.29, 0.717) is 0 Å². The monoisotopic (exact) mass is 463 g/mol. The molecule has 2 heterocycles. The smallest absolute Gasteiger partial charge is 0.701 e. The molecule has 1 aromatic heterocycles. The van der Waals surface area contributed by atoms with Gasteiger partial charge in [-0.05, 0) is 6.92 Å². The molecule has 0 aromatic carbocycles. The molecule has 150 valence electrons. The zero-order valence-electron chi connectivity index (χ0n) is 15.0. The maximum atomic E-state index is 12.4. The molecule has 0 saturated carbocycles. The Morgan fingerprint density at radius 1 is 1.54 bits per heavy atom. The SMILES string of the molecule is CO/N=C(\C(=O)N[C@H]1C[N+]([O-])(S(=O)(=O)[O-])[C@H]1C)c1csc(NC(=O)CCl)n1.[Na+]. The number of quaternary nitrogens is 1. The van der Waals surface area contributed by atoms with Crippen molar-refractivity contribution in [1.82, 2.24) is 10.3 Å². The molecule has 2 N–H and O–H groups in total. The number of nitrogens with zero attached hydrogens (tertiary/aromatic N) is 3. The molecular weight excluding hydrogens is 449 g/mol. The Morgan fingerprint density at radius 3 is 2.68 bits per heavy atom. The summed E-state index contributed by atoms with van der Waals surface area (Å²) in [6.45, 7) is 0.625. The number of hydrogen-bond donors (Lipinski definition) is 2. The summed E-state index contributed by atoms with van der Waals surface area (Å²) in [6, 6.07) is -2.04. The van der Waals surface area contributed by atoms with Crippen molar-refractivity contribution in [3.8, 4) is 0 Å². The molecule has 28 heavy (non-hydrogen) atoms. The van der Waals surface area contributed by atoms with Gasteiger partial charge in [-0.3, -0.25) is 13.6 Å². The third-order valence-electron chi connectivity index (χ3n) is 3.86. The topological polar surface area (TPSA) is 173 Å². The average molecular weight is 464 g/mol. The minimum Gasteiger partial charge on any atom is -0.701 e. The van der Waals surface area contributed by atoms with E-state index >= 15 is 0 Å². The van der Waals surface area contributed by atoms with Gasteiger partial charge < -0.3 is 25.2 Å². The van der Waals surface area contributed by atoms with E-state index in [-0.39, 0.29) is 52.0 Å². The first kappa shape index (κ1) is 25.2. The third kappa shape index (κ3) is 5.20.